The topological polar surface area (TPSA) is 78.5 Å². The van der Waals surface area contributed by atoms with Crippen molar-refractivity contribution in [2.45, 2.75) is 22.6 Å². The highest BCUT2D eigenvalue weighted by atomic mass is 79.9. The fraction of sp³-hybridized carbons (Fsp3) is 0.0870. The van der Waals surface area contributed by atoms with Gasteiger partial charge in [0, 0.05) is 38.4 Å². The van der Waals surface area contributed by atoms with E-state index in [1.165, 1.54) is 5.01 Å². The van der Waals surface area contributed by atoms with Crippen molar-refractivity contribution in [2.75, 3.05) is 10.3 Å². The zero-order chi connectivity index (χ0) is 21.8. The predicted octanol–water partition coefficient (Wildman–Crippen LogP) is 5.01. The van der Waals surface area contributed by atoms with Gasteiger partial charge in [0.25, 0.3) is 5.91 Å². The number of hydrazine groups is 1. The standard InChI is InChI=1S/C23H18BrN3O3S/c24-16-3-9-19(10-4-16)31-20-11-5-17(6-12-20)25-23(30)15-1-7-18(8-2-15)27-22(29)14-13-21(28)26-27/h1-12H,13-14H2,(H,25,30)(H,26,28). The van der Waals surface area contributed by atoms with E-state index in [0.717, 1.165) is 14.3 Å². The van der Waals surface area contributed by atoms with Crippen molar-refractivity contribution in [3.05, 3.63) is 82.8 Å². The number of nitrogens with zero attached hydrogens (tertiary/aromatic N) is 1. The molecule has 0 spiro atoms. The molecule has 31 heavy (non-hydrogen) atoms. The zero-order valence-corrected chi connectivity index (χ0v) is 18.7. The largest absolute Gasteiger partial charge is 0.322 e. The molecule has 2 N–H and O–H groups in total. The van der Waals surface area contributed by atoms with E-state index in [2.05, 4.69) is 26.7 Å². The number of anilines is 2. The maximum Gasteiger partial charge on any atom is 0.255 e. The minimum Gasteiger partial charge on any atom is -0.322 e. The van der Waals surface area contributed by atoms with Gasteiger partial charge in [-0.15, -0.1) is 0 Å². The summed E-state index contributed by atoms with van der Waals surface area (Å²) in [5.74, 6) is -0.644. The molecule has 3 aromatic carbocycles. The van der Waals surface area contributed by atoms with E-state index in [1.807, 2.05) is 48.5 Å². The molecule has 8 heteroatoms. The Morgan fingerprint density at radius 1 is 0.871 bits per heavy atom. The van der Waals surface area contributed by atoms with E-state index in [4.69, 9.17) is 0 Å². The first-order valence-corrected chi connectivity index (χ1v) is 11.2. The number of halogens is 1. The van der Waals surface area contributed by atoms with Crippen molar-refractivity contribution >= 4 is 56.8 Å². The molecule has 156 valence electrons. The lowest BCUT2D eigenvalue weighted by Crippen LogP contribution is -2.50. The second-order valence-corrected chi connectivity index (χ2v) is 8.91. The third-order valence-corrected chi connectivity index (χ3v) is 6.15. The van der Waals surface area contributed by atoms with Gasteiger partial charge in [0.15, 0.2) is 0 Å². The Balaban J connectivity index is 1.38. The van der Waals surface area contributed by atoms with Crippen LogP contribution in [0.15, 0.2) is 87.1 Å². The summed E-state index contributed by atoms with van der Waals surface area (Å²) in [6.45, 7) is 0. The van der Waals surface area contributed by atoms with Crippen molar-refractivity contribution < 1.29 is 14.4 Å². The molecule has 0 saturated carbocycles. The Hall–Kier alpha value is -3.10. The molecule has 3 aromatic rings. The number of hydrogen-bond acceptors (Lipinski definition) is 4. The maximum atomic E-state index is 12.6. The van der Waals surface area contributed by atoms with E-state index in [-0.39, 0.29) is 30.6 Å². The summed E-state index contributed by atoms with van der Waals surface area (Å²) >= 11 is 5.07. The van der Waals surface area contributed by atoms with Gasteiger partial charge in [0.05, 0.1) is 5.69 Å². The van der Waals surface area contributed by atoms with Crippen LogP contribution in [0.5, 0.6) is 0 Å². The highest BCUT2D eigenvalue weighted by molar-refractivity contribution is 9.10. The van der Waals surface area contributed by atoms with Crippen LogP contribution in [0.25, 0.3) is 0 Å². The minimum absolute atomic E-state index is 0.171. The molecular weight excluding hydrogens is 478 g/mol. The maximum absolute atomic E-state index is 12.6. The van der Waals surface area contributed by atoms with Gasteiger partial charge in [-0.05, 0) is 72.8 Å². The van der Waals surface area contributed by atoms with E-state index in [0.29, 0.717) is 16.9 Å². The van der Waals surface area contributed by atoms with Crippen LogP contribution in [0.3, 0.4) is 0 Å². The molecule has 1 heterocycles. The summed E-state index contributed by atoms with van der Waals surface area (Å²) in [4.78, 5) is 38.3. The average Bonchev–Trinajstić information content (AvgIpc) is 2.78. The smallest absolute Gasteiger partial charge is 0.255 e. The van der Waals surface area contributed by atoms with Crippen LogP contribution in [0.4, 0.5) is 11.4 Å². The molecule has 1 saturated heterocycles. The summed E-state index contributed by atoms with van der Waals surface area (Å²) in [6.07, 6.45) is 0.362. The van der Waals surface area contributed by atoms with Gasteiger partial charge in [0.2, 0.25) is 11.8 Å². The van der Waals surface area contributed by atoms with Crippen LogP contribution < -0.4 is 15.8 Å². The minimum atomic E-state index is -0.256. The van der Waals surface area contributed by atoms with E-state index >= 15 is 0 Å². The lowest BCUT2D eigenvalue weighted by atomic mass is 10.1. The fourth-order valence-electron chi connectivity index (χ4n) is 2.99. The summed E-state index contributed by atoms with van der Waals surface area (Å²) < 4.78 is 1.04. The molecule has 4 rings (SSSR count). The third kappa shape index (κ3) is 5.34. The molecule has 6 nitrogen and oxygen atoms in total. The van der Waals surface area contributed by atoms with Crippen LogP contribution in [0, 0.1) is 0 Å². The molecule has 1 aliphatic rings. The highest BCUT2D eigenvalue weighted by Crippen LogP contribution is 2.29. The summed E-state index contributed by atoms with van der Waals surface area (Å²) in [5, 5.41) is 4.08. The molecular formula is C23H18BrN3O3S. The summed E-state index contributed by atoms with van der Waals surface area (Å²) in [6, 6.07) is 22.2. The van der Waals surface area contributed by atoms with Crippen LogP contribution >= 0.6 is 27.7 Å². The van der Waals surface area contributed by atoms with Gasteiger partial charge in [0.1, 0.15) is 0 Å². The van der Waals surface area contributed by atoms with Crippen molar-refractivity contribution in [1.29, 1.82) is 0 Å². The Bertz CT molecular complexity index is 1120. The number of benzene rings is 3. The Morgan fingerprint density at radius 2 is 1.48 bits per heavy atom. The molecule has 0 aromatic heterocycles. The second kappa shape index (κ2) is 9.36. The lowest BCUT2D eigenvalue weighted by molar-refractivity contribution is -0.130. The molecule has 0 atom stereocenters. The van der Waals surface area contributed by atoms with Crippen molar-refractivity contribution in [2.24, 2.45) is 0 Å². The van der Waals surface area contributed by atoms with E-state index in [1.54, 1.807) is 36.0 Å². The van der Waals surface area contributed by atoms with Gasteiger partial charge in [-0.1, -0.05) is 27.7 Å². The third-order valence-electron chi connectivity index (χ3n) is 4.60. The number of nitrogens with one attached hydrogen (secondary N) is 2. The normalized spacial score (nSPS) is 13.6. The van der Waals surface area contributed by atoms with Crippen LogP contribution in [-0.2, 0) is 9.59 Å². The van der Waals surface area contributed by atoms with Crippen LogP contribution in [0.2, 0.25) is 0 Å². The summed E-state index contributed by atoms with van der Waals surface area (Å²) in [7, 11) is 0. The quantitative estimate of drug-likeness (QED) is 0.521. The molecule has 0 aliphatic carbocycles. The lowest BCUT2D eigenvalue weighted by Gasteiger charge is -2.27. The zero-order valence-electron chi connectivity index (χ0n) is 16.3. The summed E-state index contributed by atoms with van der Waals surface area (Å²) in [5.41, 5.74) is 4.19. The fourth-order valence-corrected chi connectivity index (χ4v) is 4.07. The molecule has 0 unspecified atom stereocenters. The number of carbonyl (C=O) groups is 3. The van der Waals surface area contributed by atoms with Crippen molar-refractivity contribution in [3.63, 3.8) is 0 Å². The Morgan fingerprint density at radius 3 is 2.13 bits per heavy atom. The first-order chi connectivity index (χ1) is 15.0. The number of carbonyl (C=O) groups excluding carboxylic acids is 3. The van der Waals surface area contributed by atoms with E-state index in [9.17, 15) is 14.4 Å². The predicted molar refractivity (Wildman–Crippen MR) is 124 cm³/mol. The Kier molecular flexibility index (Phi) is 6.39. The van der Waals surface area contributed by atoms with Crippen LogP contribution in [0.1, 0.15) is 23.2 Å². The van der Waals surface area contributed by atoms with Gasteiger partial charge >= 0.3 is 0 Å². The van der Waals surface area contributed by atoms with Gasteiger partial charge in [-0.3, -0.25) is 19.8 Å². The van der Waals surface area contributed by atoms with Gasteiger partial charge in [-0.25, -0.2) is 5.01 Å². The molecule has 0 bridgehead atoms. The molecule has 1 fully saturated rings. The SMILES string of the molecule is O=C1CCC(=O)N(c2ccc(C(=O)Nc3ccc(Sc4ccc(Br)cc4)cc3)cc2)N1. The number of amides is 3. The number of rotatable bonds is 5. The van der Waals surface area contributed by atoms with Crippen LogP contribution in [-0.4, -0.2) is 17.7 Å². The highest BCUT2D eigenvalue weighted by Gasteiger charge is 2.24. The first-order valence-electron chi connectivity index (χ1n) is 9.55. The average molecular weight is 496 g/mol. The second-order valence-electron chi connectivity index (χ2n) is 6.85. The monoisotopic (exact) mass is 495 g/mol. The Labute approximate surface area is 192 Å². The van der Waals surface area contributed by atoms with E-state index < -0.39 is 0 Å². The molecule has 1 aliphatic heterocycles. The van der Waals surface area contributed by atoms with Gasteiger partial charge in [-0.2, -0.15) is 0 Å². The van der Waals surface area contributed by atoms with Crippen molar-refractivity contribution in [3.8, 4) is 0 Å². The van der Waals surface area contributed by atoms with Crippen molar-refractivity contribution in [1.82, 2.24) is 5.43 Å². The number of hydrogen-bond donors (Lipinski definition) is 2. The first kappa shape index (κ1) is 21.1. The molecule has 0 radical (unpaired) electrons. The molecule has 3 amide bonds. The van der Waals surface area contributed by atoms with Gasteiger partial charge < -0.3 is 5.32 Å².